The summed E-state index contributed by atoms with van der Waals surface area (Å²) in [5, 5.41) is 13.9. The molecule has 2 heterocycles. The largest absolute Gasteiger partial charge is 0.383 e. The molecule has 2 rings (SSSR count). The Kier molecular flexibility index (Phi) is 5.05. The first kappa shape index (κ1) is 13.9. The van der Waals surface area contributed by atoms with Crippen LogP contribution in [0.1, 0.15) is 29.8 Å². The van der Waals surface area contributed by atoms with Gasteiger partial charge in [-0.25, -0.2) is 0 Å². The van der Waals surface area contributed by atoms with Crippen molar-refractivity contribution in [1.82, 2.24) is 15.5 Å². The van der Waals surface area contributed by atoms with Crippen molar-refractivity contribution in [2.24, 2.45) is 0 Å². The maximum absolute atomic E-state index is 5.77. The van der Waals surface area contributed by atoms with Gasteiger partial charge in [-0.15, -0.1) is 10.2 Å². The molecule has 0 aromatic carbocycles. The average Bonchev–Trinajstić information content (AvgIpc) is 2.99. The lowest BCUT2D eigenvalue weighted by Gasteiger charge is -2.18. The van der Waals surface area contributed by atoms with E-state index in [4.69, 9.17) is 9.47 Å². The first-order valence-electron chi connectivity index (χ1n) is 6.41. The van der Waals surface area contributed by atoms with E-state index in [9.17, 15) is 0 Å². The maximum atomic E-state index is 5.77. The Morgan fingerprint density at radius 1 is 1.44 bits per heavy atom. The molecule has 1 aliphatic heterocycles. The molecule has 6 heteroatoms. The number of hydrogen-bond donors (Lipinski definition) is 1. The van der Waals surface area contributed by atoms with Gasteiger partial charge in [0.25, 0.3) is 0 Å². The second kappa shape index (κ2) is 6.56. The van der Waals surface area contributed by atoms with Gasteiger partial charge in [-0.1, -0.05) is 11.3 Å². The van der Waals surface area contributed by atoms with Crippen molar-refractivity contribution >= 4 is 11.3 Å². The van der Waals surface area contributed by atoms with Gasteiger partial charge in [0.15, 0.2) is 0 Å². The van der Waals surface area contributed by atoms with Crippen LogP contribution in [0.2, 0.25) is 0 Å². The molecule has 1 N–H and O–H groups in total. The smallest absolute Gasteiger partial charge is 0.149 e. The highest BCUT2D eigenvalue weighted by atomic mass is 32.1. The lowest BCUT2D eigenvalue weighted by molar-refractivity contribution is 0.0161. The van der Waals surface area contributed by atoms with Gasteiger partial charge < -0.3 is 14.8 Å². The third kappa shape index (κ3) is 3.47. The van der Waals surface area contributed by atoms with Gasteiger partial charge in [0.1, 0.15) is 15.6 Å². The van der Waals surface area contributed by atoms with E-state index in [1.54, 1.807) is 18.4 Å². The van der Waals surface area contributed by atoms with Gasteiger partial charge in [0, 0.05) is 33.2 Å². The molecular weight excluding hydrogens is 250 g/mol. The average molecular weight is 271 g/mol. The van der Waals surface area contributed by atoms with E-state index in [-0.39, 0.29) is 5.60 Å². The molecule has 1 atom stereocenters. The first-order valence-corrected chi connectivity index (χ1v) is 7.23. The summed E-state index contributed by atoms with van der Waals surface area (Å²) in [6, 6.07) is 0. The van der Waals surface area contributed by atoms with Crippen LogP contribution in [0.25, 0.3) is 0 Å². The first-order chi connectivity index (χ1) is 8.74. The van der Waals surface area contributed by atoms with Crippen LogP contribution in [0.15, 0.2) is 0 Å². The van der Waals surface area contributed by atoms with Crippen LogP contribution < -0.4 is 5.32 Å². The molecule has 0 bridgehead atoms. The van der Waals surface area contributed by atoms with Crippen LogP contribution in [-0.4, -0.2) is 43.6 Å². The molecule has 1 unspecified atom stereocenters. The minimum Gasteiger partial charge on any atom is -0.383 e. The van der Waals surface area contributed by atoms with Gasteiger partial charge in [0.2, 0.25) is 0 Å². The van der Waals surface area contributed by atoms with Gasteiger partial charge in [-0.05, 0) is 19.8 Å². The van der Waals surface area contributed by atoms with Crippen LogP contribution >= 0.6 is 11.3 Å². The number of nitrogens with zero attached hydrogens (tertiary/aromatic N) is 2. The third-order valence-electron chi connectivity index (χ3n) is 3.14. The lowest BCUT2D eigenvalue weighted by atomic mass is 10.0. The maximum Gasteiger partial charge on any atom is 0.149 e. The monoisotopic (exact) mass is 271 g/mol. The molecule has 0 aliphatic carbocycles. The Balaban J connectivity index is 1.79. The predicted molar refractivity (Wildman–Crippen MR) is 70.9 cm³/mol. The highest BCUT2D eigenvalue weighted by Crippen LogP contribution is 2.36. The van der Waals surface area contributed by atoms with Crippen LogP contribution in [0.3, 0.4) is 0 Å². The molecule has 18 heavy (non-hydrogen) atoms. The Labute approximate surface area is 112 Å². The van der Waals surface area contributed by atoms with Crippen molar-refractivity contribution in [1.29, 1.82) is 0 Å². The fourth-order valence-electron chi connectivity index (χ4n) is 2.01. The van der Waals surface area contributed by atoms with Crippen molar-refractivity contribution < 1.29 is 9.47 Å². The minimum absolute atomic E-state index is 0.195. The van der Waals surface area contributed by atoms with Crippen molar-refractivity contribution in [2.45, 2.75) is 31.8 Å². The van der Waals surface area contributed by atoms with Gasteiger partial charge in [0.05, 0.1) is 6.61 Å². The van der Waals surface area contributed by atoms with E-state index in [0.717, 1.165) is 55.6 Å². The summed E-state index contributed by atoms with van der Waals surface area (Å²) in [6.45, 7) is 5.48. The van der Waals surface area contributed by atoms with E-state index in [1.807, 2.05) is 0 Å². The van der Waals surface area contributed by atoms with Crippen LogP contribution in [0.4, 0.5) is 0 Å². The number of aromatic nitrogens is 2. The van der Waals surface area contributed by atoms with Crippen molar-refractivity contribution in [2.75, 3.05) is 33.4 Å². The fraction of sp³-hybridized carbons (Fsp3) is 0.833. The predicted octanol–water partition coefficient (Wildman–Crippen LogP) is 1.34. The highest BCUT2D eigenvalue weighted by molar-refractivity contribution is 7.11. The van der Waals surface area contributed by atoms with Crippen molar-refractivity contribution in [3.8, 4) is 0 Å². The van der Waals surface area contributed by atoms with Crippen LogP contribution in [0, 0.1) is 0 Å². The molecule has 1 aromatic rings. The number of methoxy groups -OCH3 is 1. The van der Waals surface area contributed by atoms with E-state index in [0.29, 0.717) is 0 Å². The summed E-state index contributed by atoms with van der Waals surface area (Å²) in [6.07, 6.45) is 3.08. The number of rotatable bonds is 7. The van der Waals surface area contributed by atoms with E-state index < -0.39 is 0 Å². The zero-order valence-corrected chi connectivity index (χ0v) is 11.9. The summed E-state index contributed by atoms with van der Waals surface area (Å²) in [7, 11) is 1.71. The molecule has 1 aliphatic rings. The zero-order chi connectivity index (χ0) is 12.8. The summed E-state index contributed by atoms with van der Waals surface area (Å²) < 4.78 is 10.7. The van der Waals surface area contributed by atoms with E-state index in [2.05, 4.69) is 22.4 Å². The number of ether oxygens (including phenoxy) is 2. The Bertz CT molecular complexity index is 364. The molecule has 5 nitrogen and oxygen atoms in total. The van der Waals surface area contributed by atoms with Crippen molar-refractivity contribution in [3.05, 3.63) is 10.0 Å². The molecule has 0 saturated carbocycles. The summed E-state index contributed by atoms with van der Waals surface area (Å²) >= 11 is 1.67. The fourth-order valence-corrected chi connectivity index (χ4v) is 2.98. The quantitative estimate of drug-likeness (QED) is 0.759. The second-order valence-electron chi connectivity index (χ2n) is 4.68. The summed E-state index contributed by atoms with van der Waals surface area (Å²) in [4.78, 5) is 0. The zero-order valence-electron chi connectivity index (χ0n) is 11.1. The van der Waals surface area contributed by atoms with Gasteiger partial charge in [-0.3, -0.25) is 0 Å². The normalized spacial score (nSPS) is 23.7. The third-order valence-corrected chi connectivity index (χ3v) is 4.36. The topological polar surface area (TPSA) is 56.3 Å². The Morgan fingerprint density at radius 3 is 3.06 bits per heavy atom. The Morgan fingerprint density at radius 2 is 2.33 bits per heavy atom. The molecule has 1 fully saturated rings. The standard InChI is InChI=1S/C12H21N3O2S/c1-12(5-3-8-17-12)11-15-14-10(18-11)4-6-13-7-9-16-2/h13H,3-9H2,1-2H3. The molecule has 0 amide bonds. The minimum atomic E-state index is -0.195. The molecule has 1 aromatic heterocycles. The van der Waals surface area contributed by atoms with Crippen molar-refractivity contribution in [3.63, 3.8) is 0 Å². The summed E-state index contributed by atoms with van der Waals surface area (Å²) in [5.74, 6) is 0. The van der Waals surface area contributed by atoms with E-state index in [1.165, 1.54) is 0 Å². The molecular formula is C12H21N3O2S. The number of nitrogens with one attached hydrogen (secondary N) is 1. The summed E-state index contributed by atoms with van der Waals surface area (Å²) in [5.41, 5.74) is -0.195. The van der Waals surface area contributed by atoms with Gasteiger partial charge >= 0.3 is 0 Å². The SMILES string of the molecule is COCCNCCc1nnc(C2(C)CCCO2)s1. The molecule has 0 radical (unpaired) electrons. The van der Waals surface area contributed by atoms with Crippen LogP contribution in [0.5, 0.6) is 0 Å². The van der Waals surface area contributed by atoms with Crippen LogP contribution in [-0.2, 0) is 21.5 Å². The number of hydrogen-bond acceptors (Lipinski definition) is 6. The Hall–Kier alpha value is -0.560. The highest BCUT2D eigenvalue weighted by Gasteiger charge is 2.35. The van der Waals surface area contributed by atoms with E-state index >= 15 is 0 Å². The lowest BCUT2D eigenvalue weighted by Crippen LogP contribution is -2.21. The second-order valence-corrected chi connectivity index (χ2v) is 5.74. The molecule has 1 saturated heterocycles. The molecule has 0 spiro atoms. The molecule has 102 valence electrons. The van der Waals surface area contributed by atoms with Gasteiger partial charge in [-0.2, -0.15) is 0 Å².